The van der Waals surface area contributed by atoms with E-state index in [9.17, 15) is 4.79 Å². The molecule has 2 amide bonds. The van der Waals surface area contributed by atoms with Gasteiger partial charge in [-0.15, -0.1) is 0 Å². The van der Waals surface area contributed by atoms with Gasteiger partial charge in [0.05, 0.1) is 6.20 Å². The molecule has 1 N–H and O–H groups in total. The number of carbonyl (C=O) groups excluding carboxylic acids is 1. The second-order valence-corrected chi connectivity index (χ2v) is 6.64. The maximum Gasteiger partial charge on any atom is 0.323 e. The third-order valence-electron chi connectivity index (χ3n) is 4.65. The van der Waals surface area contributed by atoms with Gasteiger partial charge in [-0.25, -0.2) is 9.48 Å². The maximum absolute atomic E-state index is 12.5. The number of aryl methyl sites for hydroxylation is 1. The van der Waals surface area contributed by atoms with E-state index in [-0.39, 0.29) is 6.03 Å². The van der Waals surface area contributed by atoms with Crippen LogP contribution in [0.4, 0.5) is 10.6 Å². The van der Waals surface area contributed by atoms with E-state index in [1.165, 1.54) is 6.42 Å². The number of hydrogen-bond donors (Lipinski definition) is 1. The highest BCUT2D eigenvalue weighted by molar-refractivity contribution is 5.88. The number of aromatic nitrogens is 3. The Kier molecular flexibility index (Phi) is 5.48. The van der Waals surface area contributed by atoms with Crippen LogP contribution in [-0.4, -0.2) is 32.7 Å². The average molecular weight is 339 g/mol. The number of rotatable bonds is 5. The van der Waals surface area contributed by atoms with Crippen molar-refractivity contribution in [1.29, 1.82) is 0 Å². The van der Waals surface area contributed by atoms with Gasteiger partial charge in [-0.3, -0.25) is 10.3 Å². The fourth-order valence-electron chi connectivity index (χ4n) is 3.06. The minimum atomic E-state index is -0.137. The molecule has 0 bridgehead atoms. The highest BCUT2D eigenvalue weighted by Gasteiger charge is 2.16. The molecule has 0 unspecified atom stereocenters. The van der Waals surface area contributed by atoms with Crippen molar-refractivity contribution in [2.45, 2.75) is 39.3 Å². The molecule has 0 aromatic carbocycles. The molecule has 0 radical (unpaired) electrons. The lowest BCUT2D eigenvalue weighted by Crippen LogP contribution is -2.32. The van der Waals surface area contributed by atoms with Crippen LogP contribution in [0.3, 0.4) is 0 Å². The molecule has 1 atom stereocenters. The molecule has 6 nitrogen and oxygen atoms in total. The van der Waals surface area contributed by atoms with Gasteiger partial charge in [-0.05, 0) is 49.3 Å². The number of urea groups is 1. The van der Waals surface area contributed by atoms with Crippen molar-refractivity contribution < 1.29 is 4.79 Å². The molecule has 2 aromatic heterocycles. The van der Waals surface area contributed by atoms with Crippen molar-refractivity contribution in [3.8, 4) is 0 Å². The molecule has 1 aliphatic carbocycles. The van der Waals surface area contributed by atoms with Gasteiger partial charge >= 0.3 is 6.03 Å². The Morgan fingerprint density at radius 3 is 3.00 bits per heavy atom. The quantitative estimate of drug-likeness (QED) is 0.847. The van der Waals surface area contributed by atoms with Gasteiger partial charge in [-0.1, -0.05) is 12.2 Å². The van der Waals surface area contributed by atoms with E-state index in [4.69, 9.17) is 0 Å². The molecule has 0 saturated carbocycles. The smallest absolute Gasteiger partial charge is 0.323 e. The highest BCUT2D eigenvalue weighted by atomic mass is 16.2. The standard InChI is InChI=1S/C19H25N5O/c1-15-12-20-10-8-17(15)14-23(2)19(25)22-18-9-11-21-24(18)13-16-6-4-3-5-7-16/h3-4,8-12,16H,5-7,13-14H2,1-2H3,(H,22,25)/t16-/m0/s1. The minimum absolute atomic E-state index is 0.137. The van der Waals surface area contributed by atoms with E-state index in [1.54, 1.807) is 24.3 Å². The Morgan fingerprint density at radius 2 is 2.24 bits per heavy atom. The van der Waals surface area contributed by atoms with Gasteiger partial charge in [0.15, 0.2) is 0 Å². The summed E-state index contributed by atoms with van der Waals surface area (Å²) in [5.74, 6) is 1.33. The van der Waals surface area contributed by atoms with E-state index in [2.05, 4.69) is 27.6 Å². The number of nitrogens with one attached hydrogen (secondary N) is 1. The van der Waals surface area contributed by atoms with E-state index >= 15 is 0 Å². The van der Waals surface area contributed by atoms with Crippen LogP contribution in [0, 0.1) is 12.8 Å². The first kappa shape index (κ1) is 17.2. The molecule has 25 heavy (non-hydrogen) atoms. The molecule has 2 aromatic rings. The largest absolute Gasteiger partial charge is 0.323 e. The summed E-state index contributed by atoms with van der Waals surface area (Å²) < 4.78 is 1.90. The molecule has 1 aliphatic rings. The number of pyridine rings is 1. The Labute approximate surface area is 148 Å². The van der Waals surface area contributed by atoms with Crippen molar-refractivity contribution in [2.24, 2.45) is 5.92 Å². The van der Waals surface area contributed by atoms with E-state index in [1.807, 2.05) is 29.9 Å². The van der Waals surface area contributed by atoms with Gasteiger partial charge in [0.25, 0.3) is 0 Å². The Morgan fingerprint density at radius 1 is 1.36 bits per heavy atom. The van der Waals surface area contributed by atoms with Crippen LogP contribution in [-0.2, 0) is 13.1 Å². The summed E-state index contributed by atoms with van der Waals surface area (Å²) >= 11 is 0. The zero-order chi connectivity index (χ0) is 17.6. The lowest BCUT2D eigenvalue weighted by atomic mass is 9.94. The van der Waals surface area contributed by atoms with Crippen LogP contribution in [0.5, 0.6) is 0 Å². The lowest BCUT2D eigenvalue weighted by molar-refractivity contribution is 0.220. The fourth-order valence-corrected chi connectivity index (χ4v) is 3.06. The van der Waals surface area contributed by atoms with Gasteiger partial charge < -0.3 is 4.90 Å². The fraction of sp³-hybridized carbons (Fsp3) is 0.421. The summed E-state index contributed by atoms with van der Waals surface area (Å²) in [6.07, 6.45) is 13.2. The second-order valence-electron chi connectivity index (χ2n) is 6.64. The molecular formula is C19H25N5O. The first-order valence-corrected chi connectivity index (χ1v) is 8.72. The molecule has 3 rings (SSSR count). The normalized spacial score (nSPS) is 16.6. The van der Waals surface area contributed by atoms with E-state index < -0.39 is 0 Å². The summed E-state index contributed by atoms with van der Waals surface area (Å²) in [7, 11) is 1.79. The van der Waals surface area contributed by atoms with E-state index in [0.29, 0.717) is 12.5 Å². The molecule has 0 spiro atoms. The zero-order valence-corrected chi connectivity index (χ0v) is 14.9. The van der Waals surface area contributed by atoms with Crippen LogP contribution in [0.15, 0.2) is 42.9 Å². The van der Waals surface area contributed by atoms with E-state index in [0.717, 1.165) is 36.3 Å². The zero-order valence-electron chi connectivity index (χ0n) is 14.9. The monoisotopic (exact) mass is 339 g/mol. The predicted molar refractivity (Wildman–Crippen MR) is 98.2 cm³/mol. The van der Waals surface area contributed by atoms with Crippen LogP contribution in [0.25, 0.3) is 0 Å². The maximum atomic E-state index is 12.5. The summed E-state index contributed by atoms with van der Waals surface area (Å²) in [6.45, 7) is 3.38. The van der Waals surface area contributed by atoms with Crippen LogP contribution < -0.4 is 5.32 Å². The molecule has 6 heteroatoms. The average Bonchev–Trinajstić information content (AvgIpc) is 3.04. The molecule has 2 heterocycles. The van der Waals surface area contributed by atoms with Crippen LogP contribution >= 0.6 is 0 Å². The Balaban J connectivity index is 1.60. The molecule has 0 fully saturated rings. The van der Waals surface area contributed by atoms with Gasteiger partial charge in [0.1, 0.15) is 5.82 Å². The summed E-state index contributed by atoms with van der Waals surface area (Å²) in [5, 5.41) is 7.35. The topological polar surface area (TPSA) is 63.1 Å². The first-order chi connectivity index (χ1) is 12.1. The van der Waals surface area contributed by atoms with Crippen molar-refractivity contribution in [2.75, 3.05) is 12.4 Å². The second kappa shape index (κ2) is 7.96. The predicted octanol–water partition coefficient (Wildman–Crippen LogP) is 3.61. The van der Waals surface area contributed by atoms with Crippen molar-refractivity contribution in [1.82, 2.24) is 19.7 Å². The molecule has 0 aliphatic heterocycles. The third kappa shape index (κ3) is 4.47. The van der Waals surface area contributed by atoms with Gasteiger partial charge in [0.2, 0.25) is 0 Å². The highest BCUT2D eigenvalue weighted by Crippen LogP contribution is 2.21. The third-order valence-corrected chi connectivity index (χ3v) is 4.65. The van der Waals surface area contributed by atoms with Crippen molar-refractivity contribution in [3.05, 3.63) is 54.0 Å². The Hall–Kier alpha value is -2.63. The van der Waals surface area contributed by atoms with Crippen molar-refractivity contribution >= 4 is 11.8 Å². The Bertz CT molecular complexity index is 752. The van der Waals surface area contributed by atoms with Crippen LogP contribution in [0.1, 0.15) is 30.4 Å². The van der Waals surface area contributed by atoms with Crippen molar-refractivity contribution in [3.63, 3.8) is 0 Å². The molecular weight excluding hydrogens is 314 g/mol. The number of hydrogen-bond acceptors (Lipinski definition) is 3. The summed E-state index contributed by atoms with van der Waals surface area (Å²) in [5.41, 5.74) is 2.17. The minimum Gasteiger partial charge on any atom is -0.323 e. The van der Waals surface area contributed by atoms with Gasteiger partial charge in [0, 0.05) is 38.6 Å². The number of amides is 2. The SMILES string of the molecule is Cc1cnccc1CN(C)C(=O)Nc1ccnn1C[C@H]1CC=CCC1. The number of anilines is 1. The molecule has 0 saturated heterocycles. The number of carbonyl (C=O) groups is 1. The number of allylic oxidation sites excluding steroid dienone is 2. The van der Waals surface area contributed by atoms with Gasteiger partial charge in [-0.2, -0.15) is 5.10 Å². The first-order valence-electron chi connectivity index (χ1n) is 8.72. The van der Waals surface area contributed by atoms with Crippen LogP contribution in [0.2, 0.25) is 0 Å². The number of nitrogens with zero attached hydrogens (tertiary/aromatic N) is 4. The molecule has 132 valence electrons. The lowest BCUT2D eigenvalue weighted by Gasteiger charge is -2.21. The summed E-state index contributed by atoms with van der Waals surface area (Å²) in [4.78, 5) is 18.3. The summed E-state index contributed by atoms with van der Waals surface area (Å²) in [6, 6.07) is 3.66.